The highest BCUT2D eigenvalue weighted by Crippen LogP contribution is 2.37. The quantitative estimate of drug-likeness (QED) is 0.144. The molecule has 1 atom stereocenters. The van der Waals surface area contributed by atoms with Gasteiger partial charge in [-0.15, -0.1) is 0 Å². The van der Waals surface area contributed by atoms with Crippen LogP contribution in [0.3, 0.4) is 0 Å². The number of esters is 2. The molecule has 0 amide bonds. The second-order valence-corrected chi connectivity index (χ2v) is 5.88. The maximum absolute atomic E-state index is 13.3. The van der Waals surface area contributed by atoms with Gasteiger partial charge in [-0.3, -0.25) is 4.55 Å². The Morgan fingerprint density at radius 2 is 1.65 bits per heavy atom. The van der Waals surface area contributed by atoms with Gasteiger partial charge in [0.25, 0.3) is 0 Å². The van der Waals surface area contributed by atoms with E-state index in [0.717, 1.165) is 6.08 Å². The number of halogens is 5. The van der Waals surface area contributed by atoms with E-state index in [0.29, 0.717) is 0 Å². The molecule has 0 aliphatic rings. The average molecular weight is 412 g/mol. The van der Waals surface area contributed by atoms with Crippen LogP contribution in [0, 0.1) is 0 Å². The van der Waals surface area contributed by atoms with E-state index in [1.165, 1.54) is 0 Å². The molecule has 0 radical (unpaired) electrons. The van der Waals surface area contributed by atoms with Crippen molar-refractivity contribution in [2.75, 3.05) is 13.2 Å². The van der Waals surface area contributed by atoms with Crippen molar-refractivity contribution in [3.63, 3.8) is 0 Å². The zero-order valence-electron chi connectivity index (χ0n) is 12.8. The van der Waals surface area contributed by atoms with Gasteiger partial charge in [-0.05, 0) is 0 Å². The Labute approximate surface area is 143 Å². The molecule has 0 bridgehead atoms. The minimum absolute atomic E-state index is 0.220. The summed E-state index contributed by atoms with van der Waals surface area (Å²) >= 11 is 0. The standard InChI is InChI=1S/C12H13F5O8S/c1-3-6-23-9(19)11(12(15,16)17,25-8(18)4-2)24-7-5-10(13,14)26(20,21)22/h3-4H,1-2,5-7H2,(H,20,21,22). The van der Waals surface area contributed by atoms with E-state index in [2.05, 4.69) is 27.4 Å². The fraction of sp³-hybridized carbons (Fsp3) is 0.500. The molecule has 0 aliphatic heterocycles. The number of alkyl halides is 5. The highest BCUT2D eigenvalue weighted by Gasteiger charge is 2.68. The minimum atomic E-state index is -5.97. The second-order valence-electron chi connectivity index (χ2n) is 4.34. The molecule has 0 saturated heterocycles. The van der Waals surface area contributed by atoms with Gasteiger partial charge in [-0.2, -0.15) is 30.4 Å². The van der Waals surface area contributed by atoms with Crippen LogP contribution < -0.4 is 0 Å². The Kier molecular flexibility index (Phi) is 7.87. The van der Waals surface area contributed by atoms with Crippen LogP contribution in [-0.2, 0) is 33.9 Å². The van der Waals surface area contributed by atoms with E-state index in [-0.39, 0.29) is 6.08 Å². The van der Waals surface area contributed by atoms with Crippen molar-refractivity contribution in [3.8, 4) is 0 Å². The lowest BCUT2D eigenvalue weighted by Gasteiger charge is -2.32. The van der Waals surface area contributed by atoms with Gasteiger partial charge in [0.15, 0.2) is 0 Å². The molecule has 14 heteroatoms. The lowest BCUT2D eigenvalue weighted by Crippen LogP contribution is -2.58. The Morgan fingerprint density at radius 3 is 2.04 bits per heavy atom. The van der Waals surface area contributed by atoms with Crippen molar-refractivity contribution in [2.24, 2.45) is 0 Å². The summed E-state index contributed by atoms with van der Waals surface area (Å²) in [7, 11) is -5.97. The van der Waals surface area contributed by atoms with Crippen molar-refractivity contribution in [1.82, 2.24) is 0 Å². The van der Waals surface area contributed by atoms with Crippen LogP contribution in [0.5, 0.6) is 0 Å². The van der Waals surface area contributed by atoms with Crippen LogP contribution >= 0.6 is 0 Å². The topological polar surface area (TPSA) is 116 Å². The highest BCUT2D eigenvalue weighted by atomic mass is 32.2. The van der Waals surface area contributed by atoms with Gasteiger partial charge in [0.1, 0.15) is 6.61 Å². The summed E-state index contributed by atoms with van der Waals surface area (Å²) in [6.45, 7) is 3.30. The van der Waals surface area contributed by atoms with Gasteiger partial charge >= 0.3 is 39.3 Å². The van der Waals surface area contributed by atoms with Gasteiger partial charge in [-0.25, -0.2) is 9.59 Å². The fourth-order valence-electron chi connectivity index (χ4n) is 1.24. The minimum Gasteiger partial charge on any atom is -0.456 e. The van der Waals surface area contributed by atoms with Crippen LogP contribution in [-0.4, -0.2) is 55.3 Å². The van der Waals surface area contributed by atoms with E-state index < -0.39 is 58.9 Å². The molecule has 0 aromatic carbocycles. The van der Waals surface area contributed by atoms with Crippen molar-refractivity contribution in [1.29, 1.82) is 0 Å². The SMILES string of the molecule is C=CCOC(=O)C(OCCC(F)(F)S(=O)(=O)O)(OC(=O)C=C)C(F)(F)F. The van der Waals surface area contributed by atoms with Crippen molar-refractivity contribution < 1.29 is 58.7 Å². The molecule has 150 valence electrons. The molecule has 0 rings (SSSR count). The lowest BCUT2D eigenvalue weighted by atomic mass is 10.2. The largest absolute Gasteiger partial charge is 0.468 e. The van der Waals surface area contributed by atoms with Crippen LogP contribution in [0.25, 0.3) is 0 Å². The number of carbonyl (C=O) groups excluding carboxylic acids is 2. The summed E-state index contributed by atoms with van der Waals surface area (Å²) < 4.78 is 107. The molecular formula is C12H13F5O8S. The number of hydrogen-bond acceptors (Lipinski definition) is 7. The van der Waals surface area contributed by atoms with Gasteiger partial charge in [0.05, 0.1) is 13.0 Å². The Hall–Kier alpha value is -2.06. The second kappa shape index (κ2) is 8.55. The first-order valence-electron chi connectivity index (χ1n) is 6.33. The number of ether oxygens (including phenoxy) is 3. The first kappa shape index (κ1) is 23.9. The van der Waals surface area contributed by atoms with E-state index in [4.69, 9.17) is 4.55 Å². The molecule has 0 fully saturated rings. The average Bonchev–Trinajstić information content (AvgIpc) is 2.48. The Morgan fingerprint density at radius 1 is 1.12 bits per heavy atom. The van der Waals surface area contributed by atoms with Crippen molar-refractivity contribution in [3.05, 3.63) is 25.3 Å². The van der Waals surface area contributed by atoms with E-state index in [1.807, 2.05) is 0 Å². The molecule has 1 N–H and O–H groups in total. The molecule has 0 saturated carbocycles. The Balaban J connectivity index is 5.74. The normalized spacial score (nSPS) is 14.8. The lowest BCUT2D eigenvalue weighted by molar-refractivity contribution is -0.355. The van der Waals surface area contributed by atoms with Gasteiger partial charge < -0.3 is 14.2 Å². The number of carbonyl (C=O) groups is 2. The summed E-state index contributed by atoms with van der Waals surface area (Å²) in [5.74, 6) is -8.63. The number of rotatable bonds is 10. The first-order valence-corrected chi connectivity index (χ1v) is 7.77. The third-order valence-corrected chi connectivity index (χ3v) is 3.42. The predicted molar refractivity (Wildman–Crippen MR) is 73.3 cm³/mol. The molecular weight excluding hydrogens is 399 g/mol. The van der Waals surface area contributed by atoms with Crippen LogP contribution in [0.1, 0.15) is 6.42 Å². The van der Waals surface area contributed by atoms with Gasteiger partial charge in [0.2, 0.25) is 0 Å². The van der Waals surface area contributed by atoms with E-state index in [9.17, 15) is 40.0 Å². The third-order valence-electron chi connectivity index (χ3n) is 2.46. The van der Waals surface area contributed by atoms with E-state index in [1.54, 1.807) is 0 Å². The molecule has 0 heterocycles. The van der Waals surface area contributed by atoms with Crippen LogP contribution in [0.2, 0.25) is 0 Å². The van der Waals surface area contributed by atoms with Crippen molar-refractivity contribution >= 4 is 22.1 Å². The summed E-state index contributed by atoms with van der Waals surface area (Å²) in [5.41, 5.74) is 0. The zero-order chi connectivity index (χ0) is 20.8. The third kappa shape index (κ3) is 5.74. The molecule has 8 nitrogen and oxygen atoms in total. The van der Waals surface area contributed by atoms with Crippen LogP contribution in [0.4, 0.5) is 22.0 Å². The van der Waals surface area contributed by atoms with Crippen LogP contribution in [0.15, 0.2) is 25.3 Å². The first-order chi connectivity index (χ1) is 11.6. The number of hydrogen-bond donors (Lipinski definition) is 1. The van der Waals surface area contributed by atoms with Gasteiger partial charge in [-0.1, -0.05) is 19.2 Å². The summed E-state index contributed by atoms with van der Waals surface area (Å²) in [6, 6.07) is 0. The summed E-state index contributed by atoms with van der Waals surface area (Å²) in [5, 5.41) is -4.89. The van der Waals surface area contributed by atoms with Crippen molar-refractivity contribution in [2.45, 2.75) is 23.6 Å². The molecule has 26 heavy (non-hydrogen) atoms. The maximum Gasteiger partial charge on any atom is 0.468 e. The van der Waals surface area contributed by atoms with E-state index >= 15 is 0 Å². The smallest absolute Gasteiger partial charge is 0.456 e. The maximum atomic E-state index is 13.3. The summed E-state index contributed by atoms with van der Waals surface area (Å²) in [6.07, 6.45) is -6.74. The molecule has 0 aliphatic carbocycles. The predicted octanol–water partition coefficient (Wildman–Crippen LogP) is 1.59. The fourth-order valence-corrected chi connectivity index (χ4v) is 1.58. The highest BCUT2D eigenvalue weighted by molar-refractivity contribution is 7.86. The zero-order valence-corrected chi connectivity index (χ0v) is 13.6. The molecule has 0 aromatic heterocycles. The monoisotopic (exact) mass is 412 g/mol. The molecule has 1 unspecified atom stereocenters. The summed E-state index contributed by atoms with van der Waals surface area (Å²) in [4.78, 5) is 22.8. The molecule has 0 aromatic rings. The van der Waals surface area contributed by atoms with Gasteiger partial charge in [0, 0.05) is 6.08 Å². The molecule has 0 spiro atoms. The Bertz CT molecular complexity index is 657.